The number of carbonyl (C=O) groups is 1. The summed E-state index contributed by atoms with van der Waals surface area (Å²) in [6, 6.07) is 13.3. The van der Waals surface area contributed by atoms with Gasteiger partial charge in [-0.05, 0) is 97.5 Å². The average molecular weight is 561 g/mol. The van der Waals surface area contributed by atoms with Crippen LogP contribution in [0.25, 0.3) is 11.1 Å². The number of hydrogen-bond donors (Lipinski definition) is 0. The van der Waals surface area contributed by atoms with Crippen molar-refractivity contribution in [1.82, 2.24) is 0 Å². The average Bonchev–Trinajstić information content (AvgIpc) is 3.58. The maximum absolute atomic E-state index is 15.3. The molecule has 7 heteroatoms. The Bertz CT molecular complexity index is 1420. The highest BCUT2D eigenvalue weighted by Gasteiger charge is 2.32. The van der Waals surface area contributed by atoms with Gasteiger partial charge in [0.25, 0.3) is 0 Å². The van der Waals surface area contributed by atoms with Crippen LogP contribution in [0.15, 0.2) is 42.5 Å². The van der Waals surface area contributed by atoms with Crippen molar-refractivity contribution in [3.8, 4) is 28.4 Å². The van der Waals surface area contributed by atoms with Crippen molar-refractivity contribution >= 4 is 5.97 Å². The van der Waals surface area contributed by atoms with Gasteiger partial charge in [-0.3, -0.25) is 4.79 Å². The minimum atomic E-state index is -0.391. The van der Waals surface area contributed by atoms with E-state index in [1.807, 2.05) is 24.3 Å². The monoisotopic (exact) mass is 560 g/mol. The topological polar surface area (TPSA) is 63.2 Å². The fourth-order valence-electron chi connectivity index (χ4n) is 6.53. The third-order valence-electron chi connectivity index (χ3n) is 8.67. The van der Waals surface area contributed by atoms with Crippen LogP contribution in [0.1, 0.15) is 65.5 Å². The van der Waals surface area contributed by atoms with Crippen LogP contribution in [0.3, 0.4) is 0 Å². The van der Waals surface area contributed by atoms with Crippen molar-refractivity contribution in [2.75, 3.05) is 33.5 Å². The number of fused-ring (bicyclic) bond motifs is 2. The molecule has 0 N–H and O–H groups in total. The van der Waals surface area contributed by atoms with Gasteiger partial charge in [0.15, 0.2) is 0 Å². The Labute approximate surface area is 240 Å². The van der Waals surface area contributed by atoms with E-state index in [-0.39, 0.29) is 24.1 Å². The van der Waals surface area contributed by atoms with Crippen LogP contribution in [0, 0.1) is 25.6 Å². The van der Waals surface area contributed by atoms with Crippen LogP contribution < -0.4 is 14.2 Å². The van der Waals surface area contributed by atoms with E-state index in [0.717, 1.165) is 71.6 Å². The summed E-state index contributed by atoms with van der Waals surface area (Å²) in [5.41, 5.74) is 7.02. The van der Waals surface area contributed by atoms with E-state index in [1.165, 1.54) is 7.11 Å². The SMILES string of the molecule is COC(=O)CC1COc2cc(O[C@@H]3CCc4c(-c5c(C)cc(OCC6CCOCC6)cc5C)ccc(F)c43)ccc21. The molecule has 2 atom stereocenters. The lowest BCUT2D eigenvalue weighted by atomic mass is 9.90. The second kappa shape index (κ2) is 11.7. The fourth-order valence-corrected chi connectivity index (χ4v) is 6.53. The molecule has 2 aliphatic heterocycles. The molecule has 0 spiro atoms. The van der Waals surface area contributed by atoms with E-state index in [2.05, 4.69) is 26.0 Å². The first-order valence-electron chi connectivity index (χ1n) is 14.5. The predicted molar refractivity (Wildman–Crippen MR) is 153 cm³/mol. The Balaban J connectivity index is 1.21. The van der Waals surface area contributed by atoms with Crippen molar-refractivity contribution in [3.63, 3.8) is 0 Å². The zero-order valence-electron chi connectivity index (χ0n) is 24.0. The van der Waals surface area contributed by atoms with Crippen LogP contribution in [0.4, 0.5) is 4.39 Å². The van der Waals surface area contributed by atoms with Crippen molar-refractivity contribution in [3.05, 3.63) is 76.1 Å². The molecule has 1 aliphatic carbocycles. The molecule has 3 aliphatic rings. The maximum atomic E-state index is 15.3. The summed E-state index contributed by atoms with van der Waals surface area (Å²) < 4.78 is 44.0. The summed E-state index contributed by atoms with van der Waals surface area (Å²) in [6.07, 6.45) is 3.38. The summed E-state index contributed by atoms with van der Waals surface area (Å²) in [4.78, 5) is 11.8. The molecule has 3 aromatic carbocycles. The van der Waals surface area contributed by atoms with Gasteiger partial charge >= 0.3 is 5.97 Å². The quantitative estimate of drug-likeness (QED) is 0.276. The summed E-state index contributed by atoms with van der Waals surface area (Å²) in [5, 5.41) is 0. The van der Waals surface area contributed by atoms with Gasteiger partial charge in [-0.15, -0.1) is 0 Å². The van der Waals surface area contributed by atoms with Gasteiger partial charge in [-0.1, -0.05) is 12.1 Å². The Hall–Kier alpha value is -3.58. The Morgan fingerprint density at radius 1 is 1.00 bits per heavy atom. The number of hydrogen-bond acceptors (Lipinski definition) is 6. The van der Waals surface area contributed by atoms with Crippen LogP contribution in [0.5, 0.6) is 17.2 Å². The van der Waals surface area contributed by atoms with Crippen molar-refractivity contribution in [1.29, 1.82) is 0 Å². The molecular formula is C34H37FO6. The van der Waals surface area contributed by atoms with Gasteiger partial charge in [-0.25, -0.2) is 4.39 Å². The molecule has 6 nitrogen and oxygen atoms in total. The molecule has 6 rings (SSSR count). The molecule has 3 aromatic rings. The first-order chi connectivity index (χ1) is 19.9. The van der Waals surface area contributed by atoms with Crippen LogP contribution >= 0.6 is 0 Å². The first kappa shape index (κ1) is 27.6. The molecule has 0 amide bonds. The lowest BCUT2D eigenvalue weighted by Crippen LogP contribution is -2.21. The molecular weight excluding hydrogens is 523 g/mol. The highest BCUT2D eigenvalue weighted by molar-refractivity contribution is 5.76. The minimum Gasteiger partial charge on any atom is -0.493 e. The minimum absolute atomic E-state index is 0.0381. The van der Waals surface area contributed by atoms with Crippen molar-refractivity contribution < 1.29 is 32.9 Å². The molecule has 41 heavy (non-hydrogen) atoms. The predicted octanol–water partition coefficient (Wildman–Crippen LogP) is 7.02. The number of carbonyl (C=O) groups excluding carboxylic acids is 1. The second-order valence-electron chi connectivity index (χ2n) is 11.4. The molecule has 0 aromatic heterocycles. The maximum Gasteiger partial charge on any atom is 0.306 e. The molecule has 0 radical (unpaired) electrons. The first-order valence-corrected chi connectivity index (χ1v) is 14.5. The molecule has 0 bridgehead atoms. The Kier molecular flexibility index (Phi) is 7.89. The van der Waals surface area contributed by atoms with E-state index < -0.39 is 6.10 Å². The largest absolute Gasteiger partial charge is 0.493 e. The molecule has 0 saturated carbocycles. The smallest absolute Gasteiger partial charge is 0.306 e. The van der Waals surface area contributed by atoms with Crippen molar-refractivity contribution in [2.24, 2.45) is 5.92 Å². The fraction of sp³-hybridized carbons (Fsp3) is 0.441. The molecule has 1 unspecified atom stereocenters. The normalized spacial score (nSPS) is 19.8. The lowest BCUT2D eigenvalue weighted by molar-refractivity contribution is -0.141. The lowest BCUT2D eigenvalue weighted by Gasteiger charge is -2.23. The van der Waals surface area contributed by atoms with E-state index in [1.54, 1.807) is 6.07 Å². The highest BCUT2D eigenvalue weighted by Crippen LogP contribution is 2.45. The zero-order chi connectivity index (χ0) is 28.5. The molecule has 216 valence electrons. The summed E-state index contributed by atoms with van der Waals surface area (Å²) in [6.45, 7) is 6.94. The summed E-state index contributed by atoms with van der Waals surface area (Å²) >= 11 is 0. The third-order valence-corrected chi connectivity index (χ3v) is 8.67. The zero-order valence-corrected chi connectivity index (χ0v) is 24.0. The Morgan fingerprint density at radius 3 is 2.54 bits per heavy atom. The van der Waals surface area contributed by atoms with Gasteiger partial charge < -0.3 is 23.7 Å². The van der Waals surface area contributed by atoms with Gasteiger partial charge in [0, 0.05) is 36.3 Å². The van der Waals surface area contributed by atoms with Crippen molar-refractivity contribution in [2.45, 2.75) is 58.0 Å². The summed E-state index contributed by atoms with van der Waals surface area (Å²) in [5.74, 6) is 2.20. The molecule has 2 heterocycles. The van der Waals surface area contributed by atoms with Gasteiger partial charge in [0.05, 0.1) is 26.7 Å². The second-order valence-corrected chi connectivity index (χ2v) is 11.4. The van der Waals surface area contributed by atoms with E-state index >= 15 is 4.39 Å². The van der Waals surface area contributed by atoms with Gasteiger partial charge in [-0.2, -0.15) is 0 Å². The number of benzene rings is 3. The third kappa shape index (κ3) is 5.65. The number of methoxy groups -OCH3 is 1. The number of halogens is 1. The van der Waals surface area contributed by atoms with Crippen LogP contribution in [-0.4, -0.2) is 39.5 Å². The van der Waals surface area contributed by atoms with E-state index in [0.29, 0.717) is 42.6 Å². The van der Waals surface area contributed by atoms with E-state index in [9.17, 15) is 4.79 Å². The number of aryl methyl sites for hydroxylation is 2. The molecule has 1 saturated heterocycles. The summed E-state index contributed by atoms with van der Waals surface area (Å²) in [7, 11) is 1.39. The van der Waals surface area contributed by atoms with Gasteiger partial charge in [0.1, 0.15) is 29.2 Å². The van der Waals surface area contributed by atoms with E-state index in [4.69, 9.17) is 23.7 Å². The van der Waals surface area contributed by atoms with Crippen LogP contribution in [0.2, 0.25) is 0 Å². The number of ether oxygens (including phenoxy) is 5. The molecule has 1 fully saturated rings. The Morgan fingerprint density at radius 2 is 1.78 bits per heavy atom. The highest BCUT2D eigenvalue weighted by atomic mass is 19.1. The number of rotatable bonds is 8. The number of esters is 1. The van der Waals surface area contributed by atoms with Crippen LogP contribution in [-0.2, 0) is 20.7 Å². The standard InChI is InChI=1S/C34H37FO6/c1-20-14-25(39-18-22-10-12-38-13-11-22)15-21(2)33(20)27-6-8-29(35)34-28(27)7-9-30(34)41-24-4-5-26-23(16-32(36)37-3)19-40-31(26)17-24/h4-6,8,14-15,17,22-23,30H,7,9-13,16,18-19H2,1-3H3/t23?,30-/m1/s1. The van der Waals surface area contributed by atoms with Gasteiger partial charge in [0.2, 0.25) is 0 Å².